The van der Waals surface area contributed by atoms with Crippen molar-refractivity contribution in [2.45, 2.75) is 72.1 Å². The molecule has 3 rings (SSSR count). The van der Waals surface area contributed by atoms with Gasteiger partial charge in [0.2, 0.25) is 11.8 Å². The maximum atomic E-state index is 14.0. The van der Waals surface area contributed by atoms with Gasteiger partial charge in [0.05, 0.1) is 18.1 Å². The summed E-state index contributed by atoms with van der Waals surface area (Å²) in [7, 11) is 0. The number of aliphatic hydroxyl groups is 1. The maximum Gasteiger partial charge on any atom is 0.408 e. The number of carbonyl (C=O) groups excluding carboxylic acids is 4. The Morgan fingerprint density at radius 3 is 1.80 bits per heavy atom. The molecule has 11 heteroatoms. The molecular weight excluding hydrogens is 624 g/mol. The SMILES string of the molecule is CC(C)C[C@H](NC(=O)OCc1ccccc1)C(=O)N(Cc1ccccc1)CC(O)CNC(=O)[C@@H](N)C(C(=O)OCc1ccccc1)C(C)C. The number of nitrogens with one attached hydrogen (secondary N) is 2. The van der Waals surface area contributed by atoms with Crippen molar-refractivity contribution in [1.82, 2.24) is 15.5 Å². The number of amides is 3. The van der Waals surface area contributed by atoms with Gasteiger partial charge in [-0.3, -0.25) is 14.4 Å². The molecule has 0 aliphatic rings. The summed E-state index contributed by atoms with van der Waals surface area (Å²) >= 11 is 0. The summed E-state index contributed by atoms with van der Waals surface area (Å²) < 4.78 is 10.9. The average molecular weight is 675 g/mol. The van der Waals surface area contributed by atoms with E-state index in [-0.39, 0.29) is 44.7 Å². The van der Waals surface area contributed by atoms with Crippen molar-refractivity contribution in [3.8, 4) is 0 Å². The Kier molecular flexibility index (Phi) is 15.7. The van der Waals surface area contributed by atoms with E-state index in [0.717, 1.165) is 16.7 Å². The Balaban J connectivity index is 1.65. The van der Waals surface area contributed by atoms with E-state index in [2.05, 4.69) is 10.6 Å². The first-order valence-electron chi connectivity index (χ1n) is 16.7. The minimum Gasteiger partial charge on any atom is -0.461 e. The Hall–Kier alpha value is -4.74. The van der Waals surface area contributed by atoms with Crippen molar-refractivity contribution < 1.29 is 33.8 Å². The molecule has 11 nitrogen and oxygen atoms in total. The minimum atomic E-state index is -1.22. The molecule has 0 saturated heterocycles. The molecule has 0 spiro atoms. The van der Waals surface area contributed by atoms with Crippen LogP contribution >= 0.6 is 0 Å². The summed E-state index contributed by atoms with van der Waals surface area (Å²) in [5, 5.41) is 16.4. The lowest BCUT2D eigenvalue weighted by atomic mass is 9.88. The fourth-order valence-electron chi connectivity index (χ4n) is 5.33. The van der Waals surface area contributed by atoms with Crippen LogP contribution < -0.4 is 16.4 Å². The fourth-order valence-corrected chi connectivity index (χ4v) is 5.33. The van der Waals surface area contributed by atoms with Crippen LogP contribution in [0, 0.1) is 17.8 Å². The van der Waals surface area contributed by atoms with Gasteiger partial charge < -0.3 is 35.8 Å². The van der Waals surface area contributed by atoms with Crippen molar-refractivity contribution in [2.75, 3.05) is 13.1 Å². The summed E-state index contributed by atoms with van der Waals surface area (Å²) in [6.45, 7) is 7.32. The summed E-state index contributed by atoms with van der Waals surface area (Å²) in [5.74, 6) is -2.78. The Labute approximate surface area is 289 Å². The third-order valence-electron chi connectivity index (χ3n) is 7.88. The number of nitrogens with two attached hydrogens (primary N) is 1. The van der Waals surface area contributed by atoms with Crippen LogP contribution in [0.25, 0.3) is 0 Å². The number of aliphatic hydroxyl groups excluding tert-OH is 1. The van der Waals surface area contributed by atoms with Gasteiger partial charge in [-0.05, 0) is 34.9 Å². The number of hydrogen-bond donors (Lipinski definition) is 4. The minimum absolute atomic E-state index is 0.0476. The van der Waals surface area contributed by atoms with Crippen molar-refractivity contribution in [2.24, 2.45) is 23.5 Å². The third kappa shape index (κ3) is 13.4. The summed E-state index contributed by atoms with van der Waals surface area (Å²) in [4.78, 5) is 54.2. The van der Waals surface area contributed by atoms with Gasteiger partial charge in [0.1, 0.15) is 19.3 Å². The molecule has 0 bridgehead atoms. The lowest BCUT2D eigenvalue weighted by Crippen LogP contribution is -2.53. The normalized spacial score (nSPS) is 13.6. The first-order chi connectivity index (χ1) is 23.4. The van der Waals surface area contributed by atoms with Gasteiger partial charge in [-0.25, -0.2) is 4.79 Å². The molecule has 5 N–H and O–H groups in total. The number of ether oxygens (including phenoxy) is 2. The largest absolute Gasteiger partial charge is 0.461 e. The van der Waals surface area contributed by atoms with Gasteiger partial charge in [-0.15, -0.1) is 0 Å². The highest BCUT2D eigenvalue weighted by Gasteiger charge is 2.35. The molecule has 3 amide bonds. The Morgan fingerprint density at radius 2 is 1.29 bits per heavy atom. The molecule has 0 saturated carbocycles. The van der Waals surface area contributed by atoms with Crippen molar-refractivity contribution in [1.29, 1.82) is 0 Å². The van der Waals surface area contributed by atoms with Crippen molar-refractivity contribution >= 4 is 23.9 Å². The second kappa shape index (κ2) is 19.9. The van der Waals surface area contributed by atoms with Gasteiger partial charge in [-0.1, -0.05) is 119 Å². The highest BCUT2D eigenvalue weighted by Crippen LogP contribution is 2.18. The highest BCUT2D eigenvalue weighted by atomic mass is 16.5. The number of benzene rings is 3. The van der Waals surface area contributed by atoms with Crippen LogP contribution in [0.4, 0.5) is 4.79 Å². The van der Waals surface area contributed by atoms with E-state index >= 15 is 0 Å². The van der Waals surface area contributed by atoms with Crippen LogP contribution in [-0.4, -0.2) is 65.2 Å². The number of alkyl carbamates (subject to hydrolysis) is 1. The van der Waals surface area contributed by atoms with Crippen molar-refractivity contribution in [3.05, 3.63) is 108 Å². The van der Waals surface area contributed by atoms with E-state index in [0.29, 0.717) is 6.42 Å². The van der Waals surface area contributed by atoms with Gasteiger partial charge in [0, 0.05) is 19.6 Å². The van der Waals surface area contributed by atoms with Crippen LogP contribution in [0.3, 0.4) is 0 Å². The molecule has 3 aromatic carbocycles. The summed E-state index contributed by atoms with van der Waals surface area (Å²) in [5.41, 5.74) is 8.69. The first kappa shape index (κ1) is 38.7. The molecular formula is C38H50N4O7. The zero-order chi connectivity index (χ0) is 35.8. The van der Waals surface area contributed by atoms with E-state index in [1.807, 2.05) is 105 Å². The maximum absolute atomic E-state index is 14.0. The Bertz CT molecular complexity index is 1450. The number of hydrogen-bond acceptors (Lipinski definition) is 8. The van der Waals surface area contributed by atoms with Crippen LogP contribution in [0.15, 0.2) is 91.0 Å². The van der Waals surface area contributed by atoms with Gasteiger partial charge in [0.25, 0.3) is 0 Å². The highest BCUT2D eigenvalue weighted by molar-refractivity contribution is 5.88. The molecule has 0 aliphatic heterocycles. The molecule has 4 atom stereocenters. The molecule has 264 valence electrons. The standard InChI is InChI=1S/C38H50N4O7/c1-26(2)20-32(41-38(47)49-25-30-18-12-7-13-19-30)36(45)42(22-28-14-8-5-9-15-28)23-31(43)21-40-35(44)34(39)33(27(3)4)37(46)48-24-29-16-10-6-11-17-29/h5-19,26-27,31-34,43H,20-25,39H2,1-4H3,(H,40,44)(H,41,47)/t31?,32-,33?,34-/m0/s1. The smallest absolute Gasteiger partial charge is 0.408 e. The zero-order valence-electron chi connectivity index (χ0n) is 28.8. The number of rotatable bonds is 18. The average Bonchev–Trinajstić information content (AvgIpc) is 3.09. The van der Waals surface area contributed by atoms with Gasteiger partial charge >= 0.3 is 12.1 Å². The van der Waals surface area contributed by atoms with E-state index < -0.39 is 48.0 Å². The lowest BCUT2D eigenvalue weighted by molar-refractivity contribution is -0.154. The molecule has 0 aromatic heterocycles. The molecule has 0 heterocycles. The molecule has 0 radical (unpaired) electrons. The van der Waals surface area contributed by atoms with Gasteiger partial charge in [0.15, 0.2) is 0 Å². The predicted molar refractivity (Wildman–Crippen MR) is 186 cm³/mol. The van der Waals surface area contributed by atoms with E-state index in [4.69, 9.17) is 15.2 Å². The molecule has 2 unspecified atom stereocenters. The molecule has 3 aromatic rings. The summed E-state index contributed by atoms with van der Waals surface area (Å²) in [6, 6.07) is 25.5. The fraction of sp³-hybridized carbons (Fsp3) is 0.421. The number of esters is 1. The predicted octanol–water partition coefficient (Wildman–Crippen LogP) is 4.18. The van der Waals surface area contributed by atoms with E-state index in [9.17, 15) is 24.3 Å². The van der Waals surface area contributed by atoms with Gasteiger partial charge in [-0.2, -0.15) is 0 Å². The molecule has 0 aliphatic carbocycles. The Morgan fingerprint density at radius 1 is 0.776 bits per heavy atom. The molecule has 0 fully saturated rings. The molecule has 49 heavy (non-hydrogen) atoms. The number of nitrogens with zero attached hydrogens (tertiary/aromatic N) is 1. The van der Waals surface area contributed by atoms with Crippen LogP contribution in [0.5, 0.6) is 0 Å². The van der Waals surface area contributed by atoms with E-state index in [1.54, 1.807) is 13.8 Å². The first-order valence-corrected chi connectivity index (χ1v) is 16.7. The quantitative estimate of drug-likeness (QED) is 0.146. The van der Waals surface area contributed by atoms with Crippen LogP contribution in [0.1, 0.15) is 50.8 Å². The topological polar surface area (TPSA) is 160 Å². The summed E-state index contributed by atoms with van der Waals surface area (Å²) in [6.07, 6.45) is -1.58. The second-order valence-electron chi connectivity index (χ2n) is 12.9. The van der Waals surface area contributed by atoms with Crippen molar-refractivity contribution in [3.63, 3.8) is 0 Å². The third-order valence-corrected chi connectivity index (χ3v) is 7.88. The monoisotopic (exact) mass is 674 g/mol. The number of carbonyl (C=O) groups is 4. The van der Waals surface area contributed by atoms with Crippen LogP contribution in [0.2, 0.25) is 0 Å². The van der Waals surface area contributed by atoms with E-state index in [1.165, 1.54) is 4.90 Å². The second-order valence-corrected chi connectivity index (χ2v) is 12.9. The zero-order valence-corrected chi connectivity index (χ0v) is 28.8. The van der Waals surface area contributed by atoms with Crippen LogP contribution in [-0.2, 0) is 43.6 Å². The lowest BCUT2D eigenvalue weighted by Gasteiger charge is -2.31.